The molecule has 4 heteroatoms. The standard InChI is InChI=1S/CH8O2Si2/c1-3-5-4-2/h2H,4-5H2,1H3. The van der Waals surface area contributed by atoms with Crippen molar-refractivity contribution in [2.24, 2.45) is 0 Å². The van der Waals surface area contributed by atoms with Gasteiger partial charge in [0.2, 0.25) is 0 Å². The van der Waals surface area contributed by atoms with E-state index in [9.17, 15) is 0 Å². The fraction of sp³-hybridized carbons (Fsp3) is 1.00. The fourth-order valence-corrected chi connectivity index (χ4v) is 0.822. The SMILES string of the molecule is CO[SiH2][SiH2]O. The third-order valence-electron chi connectivity index (χ3n) is 0.295. The molecule has 0 saturated carbocycles. The van der Waals surface area contributed by atoms with E-state index < -0.39 is 9.28 Å². The molecule has 0 bridgehead atoms. The molecular formula is CH8O2Si2. The van der Waals surface area contributed by atoms with Gasteiger partial charge in [-0.15, -0.1) is 0 Å². The summed E-state index contributed by atoms with van der Waals surface area (Å²) in [5.74, 6) is 0. The predicted molar refractivity (Wildman–Crippen MR) is 26.3 cm³/mol. The highest BCUT2D eigenvalue weighted by atomic mass is 29.2. The molecule has 5 heavy (non-hydrogen) atoms. The van der Waals surface area contributed by atoms with Crippen molar-refractivity contribution >= 4 is 18.6 Å². The molecule has 0 saturated heterocycles. The van der Waals surface area contributed by atoms with Crippen LogP contribution in [0.2, 0.25) is 0 Å². The van der Waals surface area contributed by atoms with Crippen LogP contribution in [0.4, 0.5) is 0 Å². The molecule has 0 aromatic rings. The smallest absolute Gasteiger partial charge is 0.174 e. The van der Waals surface area contributed by atoms with Crippen molar-refractivity contribution in [3.05, 3.63) is 0 Å². The Hall–Kier alpha value is 0.354. The Morgan fingerprint density at radius 1 is 1.80 bits per heavy atom. The molecular weight excluding hydrogens is 100 g/mol. The van der Waals surface area contributed by atoms with Crippen LogP contribution in [-0.2, 0) is 4.43 Å². The van der Waals surface area contributed by atoms with Crippen molar-refractivity contribution in [1.29, 1.82) is 0 Å². The summed E-state index contributed by atoms with van der Waals surface area (Å²) < 4.78 is 4.64. The van der Waals surface area contributed by atoms with Gasteiger partial charge in [-0.3, -0.25) is 0 Å². The minimum absolute atomic E-state index is 0.373. The van der Waals surface area contributed by atoms with Crippen molar-refractivity contribution in [3.63, 3.8) is 0 Å². The van der Waals surface area contributed by atoms with Crippen LogP contribution in [-0.4, -0.2) is 30.5 Å². The summed E-state index contributed by atoms with van der Waals surface area (Å²) in [6.07, 6.45) is 0. The van der Waals surface area contributed by atoms with Crippen LogP contribution in [0.1, 0.15) is 0 Å². The van der Waals surface area contributed by atoms with Gasteiger partial charge in [0.15, 0.2) is 18.6 Å². The molecule has 0 amide bonds. The molecule has 32 valence electrons. The highest BCUT2D eigenvalue weighted by Crippen LogP contribution is 1.47. The molecule has 0 unspecified atom stereocenters. The van der Waals surface area contributed by atoms with Gasteiger partial charge in [-0.25, -0.2) is 0 Å². The lowest BCUT2D eigenvalue weighted by atomic mass is 11.8. The topological polar surface area (TPSA) is 29.5 Å². The molecule has 0 aliphatic carbocycles. The van der Waals surface area contributed by atoms with Crippen LogP contribution >= 0.6 is 0 Å². The van der Waals surface area contributed by atoms with Crippen LogP contribution in [0.15, 0.2) is 0 Å². The van der Waals surface area contributed by atoms with Crippen LogP contribution in [0.3, 0.4) is 0 Å². The second-order valence-corrected chi connectivity index (χ2v) is 4.72. The molecule has 0 aromatic carbocycles. The summed E-state index contributed by atoms with van der Waals surface area (Å²) in [7, 11) is 0.605. The Morgan fingerprint density at radius 3 is 2.40 bits per heavy atom. The van der Waals surface area contributed by atoms with Gasteiger partial charge in [0.25, 0.3) is 0 Å². The maximum Gasteiger partial charge on any atom is 0.174 e. The first kappa shape index (κ1) is 5.35. The van der Waals surface area contributed by atoms with E-state index in [0.29, 0.717) is 0 Å². The summed E-state index contributed by atoms with van der Waals surface area (Å²) in [5, 5.41) is 0. The Bertz CT molecular complexity index is 15.1. The first-order valence-corrected chi connectivity index (χ1v) is 6.72. The molecule has 0 radical (unpaired) electrons. The third-order valence-corrected chi connectivity index (χ3v) is 2.66. The second kappa shape index (κ2) is 4.35. The van der Waals surface area contributed by atoms with Crippen LogP contribution in [0.25, 0.3) is 0 Å². The van der Waals surface area contributed by atoms with Crippen molar-refractivity contribution in [3.8, 4) is 0 Å². The van der Waals surface area contributed by atoms with Gasteiger partial charge in [-0.05, 0) is 0 Å². The van der Waals surface area contributed by atoms with Gasteiger partial charge in [-0.1, -0.05) is 0 Å². The molecule has 0 atom stereocenters. The number of hydrogen-bond donors (Lipinski definition) is 1. The van der Waals surface area contributed by atoms with E-state index in [1.54, 1.807) is 7.11 Å². The number of hydrogen-bond acceptors (Lipinski definition) is 2. The maximum atomic E-state index is 8.14. The first-order chi connectivity index (χ1) is 2.41. The van der Waals surface area contributed by atoms with E-state index in [4.69, 9.17) is 4.80 Å². The average Bonchev–Trinajstić information content (AvgIpc) is 1.41. The predicted octanol–water partition coefficient (Wildman–Crippen LogP) is -2.29. The van der Waals surface area contributed by atoms with Crippen LogP contribution < -0.4 is 0 Å². The van der Waals surface area contributed by atoms with Crippen molar-refractivity contribution in [2.75, 3.05) is 7.11 Å². The zero-order valence-corrected chi connectivity index (χ0v) is 6.10. The summed E-state index contributed by atoms with van der Waals surface area (Å²) in [6.45, 7) is 0. The first-order valence-electron chi connectivity index (χ1n) is 1.51. The average molecular weight is 108 g/mol. The minimum atomic E-state index is -0.669. The van der Waals surface area contributed by atoms with E-state index in [2.05, 4.69) is 4.43 Å². The minimum Gasteiger partial charge on any atom is -0.439 e. The lowest BCUT2D eigenvalue weighted by Crippen LogP contribution is -2.03. The Morgan fingerprint density at radius 2 is 2.40 bits per heavy atom. The highest BCUT2D eigenvalue weighted by Gasteiger charge is 1.73. The van der Waals surface area contributed by atoms with Crippen molar-refractivity contribution < 1.29 is 9.22 Å². The summed E-state index contributed by atoms with van der Waals surface area (Å²) in [4.78, 5) is 8.14. The third kappa shape index (κ3) is 4.35. The molecule has 2 nitrogen and oxygen atoms in total. The summed E-state index contributed by atoms with van der Waals surface area (Å²) in [5.41, 5.74) is 0. The lowest BCUT2D eigenvalue weighted by molar-refractivity contribution is 0.448. The van der Waals surface area contributed by atoms with Gasteiger partial charge in [0.1, 0.15) is 0 Å². The molecule has 0 rings (SSSR count). The Kier molecular flexibility index (Phi) is 4.66. The fourth-order valence-electron chi connectivity index (χ4n) is 0.0913. The van der Waals surface area contributed by atoms with E-state index >= 15 is 0 Å². The summed E-state index contributed by atoms with van der Waals surface area (Å²) >= 11 is 0. The van der Waals surface area contributed by atoms with Crippen LogP contribution in [0.5, 0.6) is 0 Å². The monoisotopic (exact) mass is 108 g/mol. The van der Waals surface area contributed by atoms with Gasteiger partial charge in [0.05, 0.1) is 0 Å². The highest BCUT2D eigenvalue weighted by molar-refractivity contribution is 6.93. The second-order valence-electron chi connectivity index (χ2n) is 0.716. The van der Waals surface area contributed by atoms with Crippen molar-refractivity contribution in [2.45, 2.75) is 0 Å². The van der Waals surface area contributed by atoms with Crippen molar-refractivity contribution in [1.82, 2.24) is 0 Å². The van der Waals surface area contributed by atoms with E-state index in [1.807, 2.05) is 0 Å². The largest absolute Gasteiger partial charge is 0.439 e. The zero-order valence-electron chi connectivity index (χ0n) is 3.27. The van der Waals surface area contributed by atoms with Gasteiger partial charge >= 0.3 is 0 Å². The lowest BCUT2D eigenvalue weighted by Gasteiger charge is -1.81. The Labute approximate surface area is 35.8 Å². The zero-order chi connectivity index (χ0) is 4.12. The normalized spacial score (nSPS) is 13.2. The quantitative estimate of drug-likeness (QED) is 0.403. The molecule has 0 heterocycles. The maximum absolute atomic E-state index is 8.14. The molecule has 0 aromatic heterocycles. The van der Waals surface area contributed by atoms with E-state index in [0.717, 1.165) is 0 Å². The van der Waals surface area contributed by atoms with E-state index in [1.165, 1.54) is 0 Å². The molecule has 0 fully saturated rings. The molecule has 1 N–H and O–H groups in total. The van der Waals surface area contributed by atoms with Gasteiger partial charge < -0.3 is 9.22 Å². The van der Waals surface area contributed by atoms with E-state index in [-0.39, 0.29) is 9.28 Å². The van der Waals surface area contributed by atoms with Gasteiger partial charge in [-0.2, -0.15) is 0 Å². The molecule has 0 aliphatic heterocycles. The summed E-state index contributed by atoms with van der Waals surface area (Å²) in [6, 6.07) is 0. The van der Waals surface area contributed by atoms with Crippen LogP contribution in [0, 0.1) is 0 Å². The Balaban J connectivity index is 2.19. The van der Waals surface area contributed by atoms with Gasteiger partial charge in [0, 0.05) is 7.11 Å². The molecule has 0 spiro atoms. The number of rotatable bonds is 2. The molecule has 0 aliphatic rings.